The van der Waals surface area contributed by atoms with Crippen molar-refractivity contribution in [3.63, 3.8) is 0 Å². The number of aromatic amines is 1. The Morgan fingerprint density at radius 1 is 0.385 bits per heavy atom. The Labute approximate surface area is 224 Å². The van der Waals surface area contributed by atoms with Crippen LogP contribution in [-0.4, -0.2) is 14.1 Å². The van der Waals surface area contributed by atoms with E-state index in [-0.39, 0.29) is 0 Å². The van der Waals surface area contributed by atoms with Crippen LogP contribution in [0.15, 0.2) is 133 Å². The highest BCUT2D eigenvalue weighted by atomic mass is 15.0. The summed E-state index contributed by atoms with van der Waals surface area (Å²) in [6, 6.07) is 48.3. The molecule has 6 aromatic carbocycles. The van der Waals surface area contributed by atoms with Crippen LogP contribution in [-0.2, 0) is 0 Å². The second-order valence-corrected chi connectivity index (χ2v) is 10.3. The molecule has 0 aliphatic rings. The van der Waals surface area contributed by atoms with Crippen LogP contribution >= 0.6 is 0 Å². The largest absolute Gasteiger partial charge is 0.355 e. The van der Waals surface area contributed by atoms with Gasteiger partial charge in [-0.2, -0.15) is 0 Å². The summed E-state index contributed by atoms with van der Waals surface area (Å²) in [4.78, 5) is 3.57. The molecule has 39 heavy (non-hydrogen) atoms. The Bertz CT molecular complexity index is 2340. The van der Waals surface area contributed by atoms with Crippen LogP contribution in [0.3, 0.4) is 0 Å². The zero-order valence-electron chi connectivity index (χ0n) is 21.1. The van der Waals surface area contributed by atoms with Crippen molar-refractivity contribution >= 4 is 65.4 Å². The van der Waals surface area contributed by atoms with Crippen molar-refractivity contribution in [1.82, 2.24) is 14.1 Å². The number of benzene rings is 6. The maximum absolute atomic E-state index is 3.57. The number of aromatic nitrogens is 3. The van der Waals surface area contributed by atoms with Gasteiger partial charge in [0.05, 0.1) is 27.8 Å². The van der Waals surface area contributed by atoms with E-state index in [2.05, 4.69) is 148 Å². The summed E-state index contributed by atoms with van der Waals surface area (Å²) < 4.78 is 4.86. The molecule has 0 saturated carbocycles. The molecule has 3 heterocycles. The van der Waals surface area contributed by atoms with Crippen LogP contribution in [0, 0.1) is 0 Å². The van der Waals surface area contributed by atoms with Crippen LogP contribution in [0.2, 0.25) is 0 Å². The zero-order valence-corrected chi connectivity index (χ0v) is 21.1. The molecule has 0 saturated heterocycles. The van der Waals surface area contributed by atoms with Crippen molar-refractivity contribution < 1.29 is 0 Å². The molecule has 0 bridgehead atoms. The van der Waals surface area contributed by atoms with E-state index in [0.29, 0.717) is 0 Å². The molecule has 0 fully saturated rings. The van der Waals surface area contributed by atoms with Crippen LogP contribution in [0.4, 0.5) is 0 Å². The number of hydrogen-bond acceptors (Lipinski definition) is 0. The van der Waals surface area contributed by atoms with E-state index in [4.69, 9.17) is 0 Å². The molecule has 0 radical (unpaired) electrons. The lowest BCUT2D eigenvalue weighted by Crippen LogP contribution is -1.96. The van der Waals surface area contributed by atoms with Crippen LogP contribution < -0.4 is 0 Å². The van der Waals surface area contributed by atoms with E-state index in [9.17, 15) is 0 Å². The summed E-state index contributed by atoms with van der Waals surface area (Å²) in [6.07, 6.45) is 0. The fraction of sp³-hybridized carbons (Fsp3) is 0. The number of fused-ring (bicyclic) bond motifs is 9. The lowest BCUT2D eigenvalue weighted by atomic mass is 10.1. The molecule has 0 spiro atoms. The quantitative estimate of drug-likeness (QED) is 0.246. The van der Waals surface area contributed by atoms with Gasteiger partial charge in [0.25, 0.3) is 0 Å². The lowest BCUT2D eigenvalue weighted by molar-refractivity contribution is 1.17. The van der Waals surface area contributed by atoms with Crippen LogP contribution in [0.25, 0.3) is 76.8 Å². The predicted octanol–water partition coefficient (Wildman–Crippen LogP) is 9.52. The Balaban J connectivity index is 1.42. The minimum Gasteiger partial charge on any atom is -0.355 e. The Hall–Kier alpha value is -5.28. The third-order valence-electron chi connectivity index (χ3n) is 8.24. The summed E-state index contributed by atoms with van der Waals surface area (Å²) >= 11 is 0. The van der Waals surface area contributed by atoms with Crippen molar-refractivity contribution in [1.29, 1.82) is 0 Å². The fourth-order valence-electron chi connectivity index (χ4n) is 6.62. The highest BCUT2D eigenvalue weighted by Gasteiger charge is 2.19. The Morgan fingerprint density at radius 2 is 0.949 bits per heavy atom. The molecule has 182 valence electrons. The van der Waals surface area contributed by atoms with Gasteiger partial charge in [0.1, 0.15) is 0 Å². The Morgan fingerprint density at radius 3 is 1.69 bits per heavy atom. The van der Waals surface area contributed by atoms with Gasteiger partial charge < -0.3 is 14.1 Å². The number of para-hydroxylation sites is 4. The molecule has 9 aromatic rings. The number of H-pyrrole nitrogens is 1. The normalized spacial score (nSPS) is 12.1. The van der Waals surface area contributed by atoms with Gasteiger partial charge in [-0.15, -0.1) is 0 Å². The first-order chi connectivity index (χ1) is 19.4. The lowest BCUT2D eigenvalue weighted by Gasteiger charge is -2.11. The van der Waals surface area contributed by atoms with Crippen molar-refractivity contribution in [3.8, 4) is 11.4 Å². The number of nitrogens with zero attached hydrogens (tertiary/aromatic N) is 2. The van der Waals surface area contributed by atoms with Gasteiger partial charge >= 0.3 is 0 Å². The van der Waals surface area contributed by atoms with Crippen molar-refractivity contribution in [2.75, 3.05) is 0 Å². The average molecular weight is 498 g/mol. The van der Waals surface area contributed by atoms with Gasteiger partial charge in [0, 0.05) is 49.0 Å². The maximum atomic E-state index is 3.57. The first-order valence-corrected chi connectivity index (χ1v) is 13.4. The van der Waals surface area contributed by atoms with Crippen molar-refractivity contribution in [2.24, 2.45) is 0 Å². The number of rotatable bonds is 2. The molecule has 9 rings (SSSR count). The van der Waals surface area contributed by atoms with Gasteiger partial charge in [-0.3, -0.25) is 0 Å². The van der Waals surface area contributed by atoms with E-state index in [1.54, 1.807) is 0 Å². The first-order valence-electron chi connectivity index (χ1n) is 13.4. The smallest absolute Gasteiger partial charge is 0.0562 e. The number of nitrogens with one attached hydrogen (secondary N) is 1. The van der Waals surface area contributed by atoms with Gasteiger partial charge in [-0.05, 0) is 54.6 Å². The van der Waals surface area contributed by atoms with E-state index < -0.39 is 0 Å². The topological polar surface area (TPSA) is 25.6 Å². The van der Waals surface area contributed by atoms with Gasteiger partial charge in [-0.25, -0.2) is 0 Å². The van der Waals surface area contributed by atoms with Crippen LogP contribution in [0.1, 0.15) is 0 Å². The Kier molecular flexibility index (Phi) is 4.05. The third kappa shape index (κ3) is 2.76. The second-order valence-electron chi connectivity index (χ2n) is 10.3. The molecule has 0 aliphatic carbocycles. The molecular weight excluding hydrogens is 474 g/mol. The van der Waals surface area contributed by atoms with Crippen LogP contribution in [0.5, 0.6) is 0 Å². The summed E-state index contributed by atoms with van der Waals surface area (Å²) in [5, 5.41) is 7.56. The molecule has 1 N–H and O–H groups in total. The van der Waals surface area contributed by atoms with Crippen molar-refractivity contribution in [3.05, 3.63) is 133 Å². The highest BCUT2D eigenvalue weighted by Crippen LogP contribution is 2.40. The van der Waals surface area contributed by atoms with Gasteiger partial charge in [0.2, 0.25) is 0 Å². The highest BCUT2D eigenvalue weighted by molar-refractivity contribution is 6.17. The molecule has 3 heteroatoms. The fourth-order valence-corrected chi connectivity index (χ4v) is 6.62. The standard InChI is InChI=1S/C36H23N3/c1-5-14-29-24(10-1)28-22-23(20-21-30(28)37-29)38-33-17-8-4-13-27(33)36-34(38)18-9-19-35(36)39-31-15-6-2-11-25(31)26-12-3-7-16-32(26)39/h1-22,37H. The van der Waals surface area contributed by atoms with Crippen molar-refractivity contribution in [2.45, 2.75) is 0 Å². The first kappa shape index (κ1) is 20.7. The summed E-state index contributed by atoms with van der Waals surface area (Å²) in [5.41, 5.74) is 9.55. The minimum atomic E-state index is 1.16. The minimum absolute atomic E-state index is 1.16. The maximum Gasteiger partial charge on any atom is 0.0562 e. The van der Waals surface area contributed by atoms with E-state index in [0.717, 1.165) is 11.2 Å². The molecule has 0 amide bonds. The molecule has 0 atom stereocenters. The van der Waals surface area contributed by atoms with E-state index >= 15 is 0 Å². The molecular formula is C36H23N3. The monoisotopic (exact) mass is 497 g/mol. The molecule has 0 unspecified atom stereocenters. The SMILES string of the molecule is c1ccc2c(c1)[nH]c1ccc(-n3c4ccccc4c4c(-n5c6ccccc6c6ccccc65)cccc43)cc12. The van der Waals surface area contributed by atoms with Gasteiger partial charge in [0.15, 0.2) is 0 Å². The third-order valence-corrected chi connectivity index (χ3v) is 8.24. The number of hydrogen-bond donors (Lipinski definition) is 1. The van der Waals surface area contributed by atoms with E-state index in [1.807, 2.05) is 0 Å². The zero-order chi connectivity index (χ0) is 25.5. The van der Waals surface area contributed by atoms with Gasteiger partial charge in [-0.1, -0.05) is 78.9 Å². The molecule has 0 aliphatic heterocycles. The summed E-state index contributed by atoms with van der Waals surface area (Å²) in [5.74, 6) is 0. The molecule has 3 aromatic heterocycles. The average Bonchev–Trinajstić information content (AvgIpc) is 3.64. The van der Waals surface area contributed by atoms with E-state index in [1.165, 1.54) is 65.6 Å². The molecule has 3 nitrogen and oxygen atoms in total. The predicted molar refractivity (Wildman–Crippen MR) is 164 cm³/mol. The summed E-state index contributed by atoms with van der Waals surface area (Å²) in [7, 11) is 0. The summed E-state index contributed by atoms with van der Waals surface area (Å²) in [6.45, 7) is 0. The second kappa shape index (κ2) is 7.62.